The van der Waals surface area contributed by atoms with E-state index in [4.69, 9.17) is 0 Å². The number of thiazole rings is 1. The summed E-state index contributed by atoms with van der Waals surface area (Å²) < 4.78 is 9.69. The van der Waals surface area contributed by atoms with E-state index in [9.17, 15) is 0 Å². The second-order valence-electron chi connectivity index (χ2n) is 3.95. The molecule has 0 N–H and O–H groups in total. The Hall–Kier alpha value is -1.85. The molecule has 2 aromatic heterocycles. The first-order valence-corrected chi connectivity index (χ1v) is 7.03. The molecule has 0 bridgehead atoms. The van der Waals surface area contributed by atoms with Gasteiger partial charge < -0.3 is 0 Å². The van der Waals surface area contributed by atoms with Crippen LogP contribution < -0.4 is 0 Å². The first-order chi connectivity index (χ1) is 8.90. The molecule has 0 saturated carbocycles. The molecule has 86 valence electrons. The Morgan fingerprint density at radius 2 is 1.72 bits per heavy atom. The highest BCUT2D eigenvalue weighted by Crippen LogP contribution is 2.31. The van der Waals surface area contributed by atoms with Crippen LogP contribution in [0, 0.1) is 0 Å². The molecule has 0 atom stereocenters. The van der Waals surface area contributed by atoms with Crippen LogP contribution in [0.3, 0.4) is 0 Å². The van der Waals surface area contributed by atoms with Crippen LogP contribution in [0.25, 0.3) is 31.8 Å². The third-order valence-electron chi connectivity index (χ3n) is 2.79. The lowest BCUT2D eigenvalue weighted by atomic mass is 10.2. The van der Waals surface area contributed by atoms with Gasteiger partial charge in [0.25, 0.3) is 0 Å². The van der Waals surface area contributed by atoms with E-state index in [1.54, 1.807) is 11.3 Å². The van der Waals surface area contributed by atoms with E-state index in [-0.39, 0.29) is 0 Å². The predicted molar refractivity (Wildman–Crippen MR) is 76.0 cm³/mol. The number of benzene rings is 2. The van der Waals surface area contributed by atoms with Crippen molar-refractivity contribution in [2.24, 2.45) is 0 Å². The largest absolute Gasteiger partial charge is 0.236 e. The van der Waals surface area contributed by atoms with Crippen LogP contribution in [0.2, 0.25) is 0 Å². The maximum Gasteiger partial charge on any atom is 0.124 e. The normalized spacial score (nSPS) is 11.3. The fourth-order valence-corrected chi connectivity index (χ4v) is 3.39. The minimum Gasteiger partial charge on any atom is -0.236 e. The van der Waals surface area contributed by atoms with Crippen LogP contribution in [0.15, 0.2) is 42.5 Å². The standard InChI is InChI=1S/C13H7N3S2/c1-2-4-12-10(3-1)14-13(17-12)8-5-6-9-11(7-8)16-18-15-9/h1-7H. The summed E-state index contributed by atoms with van der Waals surface area (Å²) in [5.74, 6) is 0. The summed E-state index contributed by atoms with van der Waals surface area (Å²) in [5, 5.41) is 1.03. The number of para-hydroxylation sites is 1. The number of aromatic nitrogens is 3. The maximum absolute atomic E-state index is 4.65. The average molecular weight is 269 g/mol. The molecule has 0 spiro atoms. The molecular formula is C13H7N3S2. The molecule has 0 saturated heterocycles. The molecule has 0 aliphatic carbocycles. The van der Waals surface area contributed by atoms with Crippen molar-refractivity contribution in [2.45, 2.75) is 0 Å². The molecule has 0 radical (unpaired) electrons. The zero-order valence-electron chi connectivity index (χ0n) is 9.20. The van der Waals surface area contributed by atoms with Crippen molar-refractivity contribution >= 4 is 44.3 Å². The molecule has 2 aromatic carbocycles. The molecule has 4 rings (SSSR count). The number of hydrogen-bond acceptors (Lipinski definition) is 5. The van der Waals surface area contributed by atoms with Gasteiger partial charge in [0.05, 0.1) is 21.9 Å². The lowest BCUT2D eigenvalue weighted by Gasteiger charge is -1.94. The van der Waals surface area contributed by atoms with E-state index in [1.165, 1.54) is 16.4 Å². The van der Waals surface area contributed by atoms with Crippen LogP contribution >= 0.6 is 23.1 Å². The molecule has 18 heavy (non-hydrogen) atoms. The Morgan fingerprint density at radius 3 is 2.67 bits per heavy atom. The Bertz CT molecular complexity index is 814. The molecule has 5 heteroatoms. The van der Waals surface area contributed by atoms with Crippen molar-refractivity contribution in [3.05, 3.63) is 42.5 Å². The quantitative estimate of drug-likeness (QED) is 0.525. The van der Waals surface area contributed by atoms with Crippen LogP contribution in [0.4, 0.5) is 0 Å². The van der Waals surface area contributed by atoms with Gasteiger partial charge in [-0.05, 0) is 30.3 Å². The van der Waals surface area contributed by atoms with Gasteiger partial charge in [-0.15, -0.1) is 11.3 Å². The van der Waals surface area contributed by atoms with Gasteiger partial charge in [0, 0.05) is 5.56 Å². The topological polar surface area (TPSA) is 38.7 Å². The lowest BCUT2D eigenvalue weighted by molar-refractivity contribution is 1.48. The van der Waals surface area contributed by atoms with E-state index in [1.807, 2.05) is 24.3 Å². The smallest absolute Gasteiger partial charge is 0.124 e. The maximum atomic E-state index is 4.65. The van der Waals surface area contributed by atoms with Crippen molar-refractivity contribution in [1.29, 1.82) is 0 Å². The van der Waals surface area contributed by atoms with Gasteiger partial charge in [-0.25, -0.2) is 4.98 Å². The number of rotatable bonds is 1. The van der Waals surface area contributed by atoms with Gasteiger partial charge in [-0.3, -0.25) is 0 Å². The molecule has 4 aromatic rings. The first kappa shape index (κ1) is 10.1. The lowest BCUT2D eigenvalue weighted by Crippen LogP contribution is -1.76. The summed E-state index contributed by atoms with van der Waals surface area (Å²) in [6.07, 6.45) is 0. The van der Waals surface area contributed by atoms with Crippen molar-refractivity contribution in [3.63, 3.8) is 0 Å². The SMILES string of the molecule is c1ccc2sc(-c3ccc4nsnc4c3)nc2c1. The summed E-state index contributed by atoms with van der Waals surface area (Å²) in [5.41, 5.74) is 4.05. The average Bonchev–Trinajstić information content (AvgIpc) is 3.04. The zero-order valence-corrected chi connectivity index (χ0v) is 10.8. The summed E-state index contributed by atoms with van der Waals surface area (Å²) in [6, 6.07) is 14.3. The molecule has 0 fully saturated rings. The van der Waals surface area contributed by atoms with Gasteiger partial charge in [0.1, 0.15) is 16.0 Å². The highest BCUT2D eigenvalue weighted by molar-refractivity contribution is 7.21. The minimum atomic E-state index is 0.941. The monoisotopic (exact) mass is 269 g/mol. The molecule has 3 nitrogen and oxygen atoms in total. The fourth-order valence-electron chi connectivity index (χ4n) is 1.91. The Balaban J connectivity index is 1.94. The Kier molecular flexibility index (Phi) is 2.15. The number of nitrogens with zero attached hydrogens (tertiary/aromatic N) is 3. The van der Waals surface area contributed by atoms with Gasteiger partial charge in [-0.2, -0.15) is 8.75 Å². The molecule has 0 aliphatic rings. The second-order valence-corrected chi connectivity index (χ2v) is 5.51. The Morgan fingerprint density at radius 1 is 0.833 bits per heavy atom. The Labute approximate surface area is 111 Å². The van der Waals surface area contributed by atoms with Gasteiger partial charge in [0.2, 0.25) is 0 Å². The molecular weight excluding hydrogens is 262 g/mol. The second kappa shape index (κ2) is 3.83. The summed E-state index contributed by atoms with van der Waals surface area (Å²) >= 11 is 2.95. The molecule has 2 heterocycles. The van der Waals surface area contributed by atoms with Gasteiger partial charge in [-0.1, -0.05) is 12.1 Å². The summed E-state index contributed by atoms with van der Waals surface area (Å²) in [4.78, 5) is 4.65. The van der Waals surface area contributed by atoms with E-state index in [2.05, 4.69) is 31.9 Å². The minimum absolute atomic E-state index is 0.941. The van der Waals surface area contributed by atoms with Crippen LogP contribution in [0.5, 0.6) is 0 Å². The van der Waals surface area contributed by atoms with E-state index < -0.39 is 0 Å². The molecule has 0 unspecified atom stereocenters. The highest BCUT2D eigenvalue weighted by Gasteiger charge is 2.07. The van der Waals surface area contributed by atoms with E-state index >= 15 is 0 Å². The third kappa shape index (κ3) is 1.52. The van der Waals surface area contributed by atoms with E-state index in [0.29, 0.717) is 0 Å². The van der Waals surface area contributed by atoms with Gasteiger partial charge >= 0.3 is 0 Å². The van der Waals surface area contributed by atoms with Crippen molar-refractivity contribution in [3.8, 4) is 10.6 Å². The van der Waals surface area contributed by atoms with Crippen LogP contribution in [0.1, 0.15) is 0 Å². The zero-order chi connectivity index (χ0) is 11.9. The number of fused-ring (bicyclic) bond motifs is 2. The first-order valence-electron chi connectivity index (χ1n) is 5.48. The van der Waals surface area contributed by atoms with E-state index in [0.717, 1.165) is 27.1 Å². The van der Waals surface area contributed by atoms with Crippen molar-refractivity contribution in [1.82, 2.24) is 13.7 Å². The predicted octanol–water partition coefficient (Wildman–Crippen LogP) is 3.97. The highest BCUT2D eigenvalue weighted by atomic mass is 32.1. The summed E-state index contributed by atoms with van der Waals surface area (Å²) in [7, 11) is 0. The number of hydrogen-bond donors (Lipinski definition) is 0. The third-order valence-corrected chi connectivity index (χ3v) is 4.44. The summed E-state index contributed by atoms with van der Waals surface area (Å²) in [6.45, 7) is 0. The molecule has 0 amide bonds. The van der Waals surface area contributed by atoms with Crippen molar-refractivity contribution in [2.75, 3.05) is 0 Å². The van der Waals surface area contributed by atoms with Gasteiger partial charge in [0.15, 0.2) is 0 Å². The van der Waals surface area contributed by atoms with Crippen molar-refractivity contribution < 1.29 is 0 Å². The molecule has 0 aliphatic heterocycles. The van der Waals surface area contributed by atoms with Crippen LogP contribution in [-0.2, 0) is 0 Å². The fraction of sp³-hybridized carbons (Fsp3) is 0. The van der Waals surface area contributed by atoms with Crippen LogP contribution in [-0.4, -0.2) is 13.7 Å².